The monoisotopic (exact) mass is 387 g/mol. The number of nitrogens with one attached hydrogen (secondary N) is 1. The first-order valence-corrected chi connectivity index (χ1v) is 9.51. The van der Waals surface area contributed by atoms with Crippen molar-refractivity contribution in [2.45, 2.75) is 52.7 Å². The Kier molecular flexibility index (Phi) is 5.38. The number of ether oxygens (including phenoxy) is 2. The van der Waals surface area contributed by atoms with Gasteiger partial charge in [-0.05, 0) is 63.9 Å². The van der Waals surface area contributed by atoms with Crippen LogP contribution in [0.3, 0.4) is 0 Å². The molecule has 144 valence electrons. The molecule has 2 aromatic rings. The summed E-state index contributed by atoms with van der Waals surface area (Å²) in [5, 5.41) is 3.82. The summed E-state index contributed by atoms with van der Waals surface area (Å²) in [6.07, 6.45) is 0.703. The van der Waals surface area contributed by atoms with E-state index >= 15 is 0 Å². The van der Waals surface area contributed by atoms with Crippen molar-refractivity contribution in [1.82, 2.24) is 5.32 Å². The second-order valence-electron chi connectivity index (χ2n) is 7.89. The number of carbonyl (C=O) groups excluding carboxylic acids is 1. The van der Waals surface area contributed by atoms with Crippen LogP contribution in [-0.4, -0.2) is 18.1 Å². The van der Waals surface area contributed by atoms with Crippen molar-refractivity contribution in [3.05, 3.63) is 57.6 Å². The third-order valence-electron chi connectivity index (χ3n) is 4.74. The van der Waals surface area contributed by atoms with Gasteiger partial charge in [-0.3, -0.25) is 4.79 Å². The van der Waals surface area contributed by atoms with Crippen LogP contribution < -0.4 is 14.8 Å². The van der Waals surface area contributed by atoms with E-state index in [1.165, 1.54) is 0 Å². The average Bonchev–Trinajstić information content (AvgIpc) is 2.57. The Balaban J connectivity index is 1.70. The van der Waals surface area contributed by atoms with Gasteiger partial charge < -0.3 is 14.8 Å². The standard InChI is InChI=1S/C22H26ClNO3/c1-13-6-7-19-17(8-13)18(11-22(4,5)27-19)24-20(25)12-26-16-9-14(2)21(23)15(3)10-16/h6-10,18H,11-12H2,1-5H3,(H,24,25)/t18-/m0/s1. The largest absolute Gasteiger partial charge is 0.487 e. The highest BCUT2D eigenvalue weighted by Crippen LogP contribution is 2.39. The lowest BCUT2D eigenvalue weighted by Crippen LogP contribution is -2.42. The van der Waals surface area contributed by atoms with E-state index in [2.05, 4.69) is 11.4 Å². The molecule has 0 saturated carbocycles. The molecule has 0 aromatic heterocycles. The smallest absolute Gasteiger partial charge is 0.258 e. The fourth-order valence-corrected chi connectivity index (χ4v) is 3.59. The van der Waals surface area contributed by atoms with Gasteiger partial charge in [0, 0.05) is 17.0 Å². The Hall–Kier alpha value is -2.20. The Bertz CT molecular complexity index is 853. The van der Waals surface area contributed by atoms with Crippen LogP contribution in [0.2, 0.25) is 5.02 Å². The van der Waals surface area contributed by atoms with Crippen LogP contribution in [0.15, 0.2) is 30.3 Å². The summed E-state index contributed by atoms with van der Waals surface area (Å²) in [4.78, 5) is 12.5. The van der Waals surface area contributed by atoms with Crippen LogP contribution >= 0.6 is 11.6 Å². The topological polar surface area (TPSA) is 47.6 Å². The molecule has 0 saturated heterocycles. The third-order valence-corrected chi connectivity index (χ3v) is 5.33. The van der Waals surface area contributed by atoms with Gasteiger partial charge in [0.15, 0.2) is 6.61 Å². The zero-order valence-electron chi connectivity index (χ0n) is 16.5. The van der Waals surface area contributed by atoms with E-state index in [0.717, 1.165) is 33.0 Å². The van der Waals surface area contributed by atoms with E-state index in [4.69, 9.17) is 21.1 Å². The molecule has 1 heterocycles. The molecular formula is C22H26ClNO3. The van der Waals surface area contributed by atoms with Crippen LogP contribution in [0.1, 0.15) is 48.6 Å². The van der Waals surface area contributed by atoms with E-state index in [1.54, 1.807) is 0 Å². The van der Waals surface area contributed by atoms with Crippen molar-refractivity contribution in [2.75, 3.05) is 6.61 Å². The van der Waals surface area contributed by atoms with E-state index in [9.17, 15) is 4.79 Å². The predicted octanol–water partition coefficient (Wildman–Crippen LogP) is 5.06. The Morgan fingerprint density at radius 3 is 2.56 bits per heavy atom. The van der Waals surface area contributed by atoms with Crippen LogP contribution in [0.4, 0.5) is 0 Å². The molecule has 1 N–H and O–H groups in total. The first-order valence-electron chi connectivity index (χ1n) is 9.13. The SMILES string of the molecule is Cc1ccc2c(c1)[C@@H](NC(=O)COc1cc(C)c(Cl)c(C)c1)CC(C)(C)O2. The maximum Gasteiger partial charge on any atom is 0.258 e. The lowest BCUT2D eigenvalue weighted by molar-refractivity contribution is -0.124. The second kappa shape index (κ2) is 7.43. The van der Waals surface area contributed by atoms with Crippen LogP contribution in [0, 0.1) is 20.8 Å². The quantitative estimate of drug-likeness (QED) is 0.797. The van der Waals surface area contributed by atoms with Gasteiger partial charge in [0.25, 0.3) is 5.91 Å². The number of carbonyl (C=O) groups is 1. The van der Waals surface area contributed by atoms with Crippen LogP contribution in [0.25, 0.3) is 0 Å². The van der Waals surface area contributed by atoms with Crippen LogP contribution in [-0.2, 0) is 4.79 Å². The average molecular weight is 388 g/mol. The van der Waals surface area contributed by atoms with Crippen molar-refractivity contribution in [3.8, 4) is 11.5 Å². The maximum absolute atomic E-state index is 12.5. The number of hydrogen-bond acceptors (Lipinski definition) is 3. The molecule has 0 aliphatic carbocycles. The second-order valence-corrected chi connectivity index (χ2v) is 8.26. The molecule has 4 nitrogen and oxygen atoms in total. The predicted molar refractivity (Wildman–Crippen MR) is 108 cm³/mol. The zero-order valence-corrected chi connectivity index (χ0v) is 17.2. The summed E-state index contributed by atoms with van der Waals surface area (Å²) in [5.41, 5.74) is 3.68. The number of aryl methyl sites for hydroxylation is 3. The third kappa shape index (κ3) is 4.56. The summed E-state index contributed by atoms with van der Waals surface area (Å²) in [5.74, 6) is 1.32. The zero-order chi connectivity index (χ0) is 19.8. The van der Waals surface area contributed by atoms with Gasteiger partial charge in [0.1, 0.15) is 17.1 Å². The fraction of sp³-hybridized carbons (Fsp3) is 0.409. The molecule has 0 spiro atoms. The Labute approximate surface area is 165 Å². The Morgan fingerprint density at radius 2 is 1.89 bits per heavy atom. The highest BCUT2D eigenvalue weighted by Gasteiger charge is 2.34. The van der Waals surface area contributed by atoms with Gasteiger partial charge in [0.05, 0.1) is 6.04 Å². The molecule has 1 amide bonds. The molecule has 0 unspecified atom stereocenters. The van der Waals surface area contributed by atoms with Crippen LogP contribution in [0.5, 0.6) is 11.5 Å². The molecule has 1 aliphatic rings. The minimum Gasteiger partial charge on any atom is -0.487 e. The molecule has 1 aliphatic heterocycles. The van der Waals surface area contributed by atoms with E-state index < -0.39 is 0 Å². The minimum atomic E-state index is -0.342. The molecule has 27 heavy (non-hydrogen) atoms. The maximum atomic E-state index is 12.5. The molecule has 0 bridgehead atoms. The molecule has 0 fully saturated rings. The van der Waals surface area contributed by atoms with Gasteiger partial charge >= 0.3 is 0 Å². The van der Waals surface area contributed by atoms with Crippen molar-refractivity contribution in [1.29, 1.82) is 0 Å². The van der Waals surface area contributed by atoms with E-state index in [-0.39, 0.29) is 24.2 Å². The van der Waals surface area contributed by atoms with Crippen molar-refractivity contribution in [3.63, 3.8) is 0 Å². The number of benzene rings is 2. The molecule has 0 radical (unpaired) electrons. The minimum absolute atomic E-state index is 0.0422. The lowest BCUT2D eigenvalue weighted by Gasteiger charge is -2.38. The van der Waals surface area contributed by atoms with E-state index in [0.29, 0.717) is 12.2 Å². The Morgan fingerprint density at radius 1 is 1.22 bits per heavy atom. The number of rotatable bonds is 4. The molecule has 5 heteroatoms. The summed E-state index contributed by atoms with van der Waals surface area (Å²) >= 11 is 6.18. The summed E-state index contributed by atoms with van der Waals surface area (Å²) in [7, 11) is 0. The van der Waals surface area contributed by atoms with E-state index in [1.807, 2.05) is 58.9 Å². The normalized spacial score (nSPS) is 17.6. The highest BCUT2D eigenvalue weighted by atomic mass is 35.5. The summed E-state index contributed by atoms with van der Waals surface area (Å²) in [6.45, 7) is 9.90. The number of fused-ring (bicyclic) bond motifs is 1. The van der Waals surface area contributed by atoms with Gasteiger partial charge in [0.2, 0.25) is 0 Å². The van der Waals surface area contributed by atoms with Gasteiger partial charge in [-0.15, -0.1) is 0 Å². The van der Waals surface area contributed by atoms with Crippen molar-refractivity contribution in [2.24, 2.45) is 0 Å². The number of amides is 1. The highest BCUT2D eigenvalue weighted by molar-refractivity contribution is 6.32. The van der Waals surface area contributed by atoms with Gasteiger partial charge in [-0.25, -0.2) is 0 Å². The molecule has 2 aromatic carbocycles. The summed E-state index contributed by atoms with van der Waals surface area (Å²) < 4.78 is 11.7. The van der Waals surface area contributed by atoms with Gasteiger partial charge in [-0.2, -0.15) is 0 Å². The molecule has 3 rings (SSSR count). The van der Waals surface area contributed by atoms with Gasteiger partial charge in [-0.1, -0.05) is 29.3 Å². The summed E-state index contributed by atoms with van der Waals surface area (Å²) in [6, 6.07) is 9.65. The number of halogens is 1. The molecule has 1 atom stereocenters. The van der Waals surface area contributed by atoms with Crippen molar-refractivity contribution >= 4 is 17.5 Å². The molecular weight excluding hydrogens is 362 g/mol. The fourth-order valence-electron chi connectivity index (χ4n) is 3.48. The van der Waals surface area contributed by atoms with Crippen molar-refractivity contribution < 1.29 is 14.3 Å². The number of hydrogen-bond donors (Lipinski definition) is 1. The first kappa shape index (κ1) is 19.6. The first-order chi connectivity index (χ1) is 12.6. The lowest BCUT2D eigenvalue weighted by atomic mass is 9.89.